The number of nitrogens with two attached hydrogens (primary N) is 1. The van der Waals surface area contributed by atoms with E-state index < -0.39 is 0 Å². The molecule has 0 spiro atoms. The van der Waals surface area contributed by atoms with Crippen LogP contribution in [0.1, 0.15) is 32.4 Å². The van der Waals surface area contributed by atoms with Crippen molar-refractivity contribution in [3.63, 3.8) is 0 Å². The first-order valence-electron chi connectivity index (χ1n) is 6.82. The number of piperazine rings is 1. The molecule has 0 aliphatic carbocycles. The highest BCUT2D eigenvalue weighted by Crippen LogP contribution is 2.30. The van der Waals surface area contributed by atoms with Crippen molar-refractivity contribution in [1.82, 2.24) is 4.90 Å². The first-order valence-corrected chi connectivity index (χ1v) is 6.82. The summed E-state index contributed by atoms with van der Waals surface area (Å²) >= 11 is 0. The van der Waals surface area contributed by atoms with Crippen molar-refractivity contribution < 1.29 is 4.39 Å². The van der Waals surface area contributed by atoms with Gasteiger partial charge in [-0.1, -0.05) is 0 Å². The van der Waals surface area contributed by atoms with E-state index in [4.69, 9.17) is 5.73 Å². The van der Waals surface area contributed by atoms with Crippen LogP contribution in [-0.4, -0.2) is 37.1 Å². The normalized spacial score (nSPS) is 21.5. The molecule has 1 unspecified atom stereocenters. The fraction of sp³-hybridized carbons (Fsp3) is 0.600. The van der Waals surface area contributed by atoms with Gasteiger partial charge in [0, 0.05) is 36.9 Å². The molecule has 1 aliphatic heterocycles. The van der Waals surface area contributed by atoms with Crippen LogP contribution in [0.4, 0.5) is 10.1 Å². The van der Waals surface area contributed by atoms with Crippen LogP contribution in [0.3, 0.4) is 0 Å². The maximum atomic E-state index is 13.4. The maximum absolute atomic E-state index is 13.4. The second kappa shape index (κ2) is 5.10. The molecule has 1 atom stereocenters. The van der Waals surface area contributed by atoms with Crippen LogP contribution in [0.15, 0.2) is 18.2 Å². The molecule has 0 saturated carbocycles. The third-order valence-electron chi connectivity index (χ3n) is 4.14. The molecule has 2 rings (SSSR count). The predicted octanol–water partition coefficient (Wildman–Crippen LogP) is 2.38. The van der Waals surface area contributed by atoms with Gasteiger partial charge in [0.25, 0.3) is 0 Å². The van der Waals surface area contributed by atoms with Gasteiger partial charge in [0.1, 0.15) is 5.82 Å². The van der Waals surface area contributed by atoms with E-state index in [9.17, 15) is 4.39 Å². The monoisotopic (exact) mass is 265 g/mol. The summed E-state index contributed by atoms with van der Waals surface area (Å²) in [6, 6.07) is 4.78. The fourth-order valence-corrected chi connectivity index (χ4v) is 2.62. The Morgan fingerprint density at radius 1 is 1.32 bits per heavy atom. The molecule has 0 aromatic heterocycles. The van der Waals surface area contributed by atoms with Gasteiger partial charge in [0.15, 0.2) is 0 Å². The van der Waals surface area contributed by atoms with Gasteiger partial charge in [-0.2, -0.15) is 0 Å². The molecular formula is C15H24FN3. The first-order chi connectivity index (χ1) is 8.81. The molecule has 0 radical (unpaired) electrons. The van der Waals surface area contributed by atoms with E-state index in [1.54, 1.807) is 6.07 Å². The van der Waals surface area contributed by atoms with Crippen LogP contribution in [0.2, 0.25) is 0 Å². The quantitative estimate of drug-likeness (QED) is 0.891. The number of anilines is 1. The van der Waals surface area contributed by atoms with Gasteiger partial charge in [-0.3, -0.25) is 4.90 Å². The molecule has 19 heavy (non-hydrogen) atoms. The van der Waals surface area contributed by atoms with Crippen LogP contribution < -0.4 is 10.6 Å². The number of hydrogen-bond donors (Lipinski definition) is 1. The van der Waals surface area contributed by atoms with Gasteiger partial charge in [-0.15, -0.1) is 0 Å². The van der Waals surface area contributed by atoms with Crippen LogP contribution in [0.5, 0.6) is 0 Å². The van der Waals surface area contributed by atoms with Crippen molar-refractivity contribution in [1.29, 1.82) is 0 Å². The molecule has 1 heterocycles. The Balaban J connectivity index is 2.32. The second-order valence-corrected chi connectivity index (χ2v) is 6.15. The van der Waals surface area contributed by atoms with E-state index in [-0.39, 0.29) is 17.4 Å². The van der Waals surface area contributed by atoms with Crippen LogP contribution in [-0.2, 0) is 0 Å². The minimum atomic E-state index is -0.218. The van der Waals surface area contributed by atoms with E-state index in [0.717, 1.165) is 30.9 Å². The Hall–Kier alpha value is -1.13. The lowest BCUT2D eigenvalue weighted by molar-refractivity contribution is 0.138. The number of benzene rings is 1. The highest BCUT2D eigenvalue weighted by atomic mass is 19.1. The molecule has 1 fully saturated rings. The molecule has 1 aromatic carbocycles. The highest BCUT2D eigenvalue weighted by Gasteiger charge is 2.32. The number of nitrogens with zero attached hydrogens (tertiary/aromatic N) is 2. The van der Waals surface area contributed by atoms with Crippen molar-refractivity contribution in [2.45, 2.75) is 32.4 Å². The summed E-state index contributed by atoms with van der Waals surface area (Å²) in [6.45, 7) is 9.24. The summed E-state index contributed by atoms with van der Waals surface area (Å²) < 4.78 is 13.4. The van der Waals surface area contributed by atoms with Crippen molar-refractivity contribution in [3.05, 3.63) is 29.6 Å². The molecular weight excluding hydrogens is 241 g/mol. The lowest BCUT2D eigenvalue weighted by Crippen LogP contribution is -2.58. The summed E-state index contributed by atoms with van der Waals surface area (Å²) in [5.41, 5.74) is 8.05. The summed E-state index contributed by atoms with van der Waals surface area (Å²) in [5, 5.41) is 0. The van der Waals surface area contributed by atoms with Gasteiger partial charge in [-0.25, -0.2) is 4.39 Å². The summed E-state index contributed by atoms with van der Waals surface area (Å²) in [6.07, 6.45) is 0. The maximum Gasteiger partial charge on any atom is 0.123 e. The minimum Gasteiger partial charge on any atom is -0.368 e. The SMILES string of the molecule is CC(N)c1cc(F)ccc1N1CCN(C)C(C)(C)C1. The van der Waals surface area contributed by atoms with E-state index in [2.05, 4.69) is 30.7 Å². The van der Waals surface area contributed by atoms with E-state index in [0.29, 0.717) is 0 Å². The Morgan fingerprint density at radius 2 is 2.00 bits per heavy atom. The average Bonchev–Trinajstić information content (AvgIpc) is 2.32. The third kappa shape index (κ3) is 2.90. The Labute approximate surface area is 115 Å². The van der Waals surface area contributed by atoms with E-state index in [1.807, 2.05) is 13.0 Å². The highest BCUT2D eigenvalue weighted by molar-refractivity contribution is 5.56. The van der Waals surface area contributed by atoms with Gasteiger partial charge < -0.3 is 10.6 Å². The minimum absolute atomic E-state index is 0.113. The number of halogens is 1. The Kier molecular flexibility index (Phi) is 3.83. The Bertz CT molecular complexity index is 457. The summed E-state index contributed by atoms with van der Waals surface area (Å²) in [7, 11) is 2.15. The van der Waals surface area contributed by atoms with Crippen LogP contribution in [0.25, 0.3) is 0 Å². The molecule has 3 nitrogen and oxygen atoms in total. The Morgan fingerprint density at radius 3 is 2.58 bits per heavy atom. The second-order valence-electron chi connectivity index (χ2n) is 6.15. The van der Waals surface area contributed by atoms with Gasteiger partial charge in [0.05, 0.1) is 0 Å². The van der Waals surface area contributed by atoms with Crippen molar-refractivity contribution in [2.24, 2.45) is 5.73 Å². The number of rotatable bonds is 2. The molecule has 106 valence electrons. The van der Waals surface area contributed by atoms with Crippen molar-refractivity contribution in [2.75, 3.05) is 31.6 Å². The summed E-state index contributed by atoms with van der Waals surface area (Å²) in [5.74, 6) is -0.218. The molecule has 1 saturated heterocycles. The van der Waals surface area contributed by atoms with E-state index in [1.165, 1.54) is 6.07 Å². The molecule has 1 aliphatic rings. The molecule has 1 aromatic rings. The first kappa shape index (κ1) is 14.3. The number of likely N-dealkylation sites (N-methyl/N-ethyl adjacent to an activating group) is 1. The topological polar surface area (TPSA) is 32.5 Å². The predicted molar refractivity (Wildman–Crippen MR) is 77.9 cm³/mol. The standard InChI is InChI=1S/C15H24FN3/c1-11(17)13-9-12(16)5-6-14(13)19-8-7-18(4)15(2,3)10-19/h5-6,9,11H,7-8,10,17H2,1-4H3. The van der Waals surface area contributed by atoms with Gasteiger partial charge >= 0.3 is 0 Å². The van der Waals surface area contributed by atoms with Crippen molar-refractivity contribution in [3.8, 4) is 0 Å². The lowest BCUT2D eigenvalue weighted by Gasteiger charge is -2.46. The fourth-order valence-electron chi connectivity index (χ4n) is 2.62. The molecule has 0 bridgehead atoms. The molecule has 0 amide bonds. The van der Waals surface area contributed by atoms with Crippen LogP contribution >= 0.6 is 0 Å². The lowest BCUT2D eigenvalue weighted by atomic mass is 9.97. The third-order valence-corrected chi connectivity index (χ3v) is 4.14. The summed E-state index contributed by atoms with van der Waals surface area (Å²) in [4.78, 5) is 4.68. The van der Waals surface area contributed by atoms with Gasteiger partial charge in [-0.05, 0) is 51.6 Å². The molecule has 4 heteroatoms. The zero-order valence-corrected chi connectivity index (χ0v) is 12.3. The van der Waals surface area contributed by atoms with Crippen molar-refractivity contribution >= 4 is 5.69 Å². The largest absolute Gasteiger partial charge is 0.368 e. The van der Waals surface area contributed by atoms with E-state index >= 15 is 0 Å². The zero-order valence-electron chi connectivity index (χ0n) is 12.3. The average molecular weight is 265 g/mol. The smallest absolute Gasteiger partial charge is 0.123 e. The van der Waals surface area contributed by atoms with Crippen LogP contribution in [0, 0.1) is 5.82 Å². The number of hydrogen-bond acceptors (Lipinski definition) is 3. The van der Waals surface area contributed by atoms with Gasteiger partial charge in [0.2, 0.25) is 0 Å². The zero-order chi connectivity index (χ0) is 14.2. The molecule has 2 N–H and O–H groups in total.